The second kappa shape index (κ2) is 10.6. The normalized spacial score (nSPS) is 10.8. The maximum Gasteiger partial charge on any atom is 0.372 e. The number of benzene rings is 1. The summed E-state index contributed by atoms with van der Waals surface area (Å²) in [6.45, 7) is 6.76. The zero-order valence-corrected chi connectivity index (χ0v) is 15.4. The fourth-order valence-electron chi connectivity index (χ4n) is 2.89. The number of ether oxygens (including phenoxy) is 2. The van der Waals surface area contributed by atoms with Gasteiger partial charge in [0.05, 0.1) is 24.9 Å². The zero-order valence-electron chi connectivity index (χ0n) is 15.4. The summed E-state index contributed by atoms with van der Waals surface area (Å²) in [5.74, 6) is -0.226. The van der Waals surface area contributed by atoms with Gasteiger partial charge in [0.1, 0.15) is 11.3 Å². The molecule has 0 atom stereocenters. The molecular weight excluding hydrogens is 335 g/mol. The lowest BCUT2D eigenvalue weighted by molar-refractivity contribution is 0.239. The third-order valence-corrected chi connectivity index (χ3v) is 4.25. The molecule has 0 aliphatic carbocycles. The standard InChI is InChI=1S/C21H27FO4/c1-3-5-11-16-19-17(25-15-9-7-6-8-14-24-4-2)12-10-13-18(19)26-21(23)20(16)22/h4,10,12-13H,2-3,5-9,11,14-15H2,1H3. The molecule has 0 saturated heterocycles. The summed E-state index contributed by atoms with van der Waals surface area (Å²) in [4.78, 5) is 11.7. The van der Waals surface area contributed by atoms with Crippen molar-refractivity contribution in [1.82, 2.24) is 0 Å². The summed E-state index contributed by atoms with van der Waals surface area (Å²) >= 11 is 0. The van der Waals surface area contributed by atoms with Crippen LogP contribution >= 0.6 is 0 Å². The molecular formula is C21H27FO4. The molecule has 0 radical (unpaired) electrons. The van der Waals surface area contributed by atoms with Gasteiger partial charge in [-0.2, -0.15) is 4.39 Å². The summed E-state index contributed by atoms with van der Waals surface area (Å²) in [6.07, 6.45) is 7.63. The molecule has 1 heterocycles. The number of halogens is 1. The van der Waals surface area contributed by atoms with Gasteiger partial charge in [0.2, 0.25) is 5.82 Å². The molecule has 0 fully saturated rings. The van der Waals surface area contributed by atoms with E-state index in [1.54, 1.807) is 18.2 Å². The Morgan fingerprint density at radius 1 is 1.15 bits per heavy atom. The minimum Gasteiger partial charge on any atom is -0.502 e. The van der Waals surface area contributed by atoms with E-state index in [-0.39, 0.29) is 0 Å². The molecule has 5 heteroatoms. The van der Waals surface area contributed by atoms with Gasteiger partial charge in [-0.1, -0.05) is 26.0 Å². The number of rotatable bonds is 12. The second-order valence-electron chi connectivity index (χ2n) is 6.22. The first-order chi connectivity index (χ1) is 12.7. The van der Waals surface area contributed by atoms with Gasteiger partial charge in [-0.05, 0) is 50.7 Å². The van der Waals surface area contributed by atoms with E-state index in [1.807, 2.05) is 6.92 Å². The van der Waals surface area contributed by atoms with Gasteiger partial charge in [-0.15, -0.1) is 0 Å². The molecule has 1 aromatic carbocycles. The molecule has 1 aromatic heterocycles. The molecule has 0 aliphatic rings. The largest absolute Gasteiger partial charge is 0.502 e. The predicted octanol–water partition coefficient (Wildman–Crippen LogP) is 5.37. The quantitative estimate of drug-likeness (QED) is 0.289. The lowest BCUT2D eigenvalue weighted by Crippen LogP contribution is -2.10. The Kier molecular flexibility index (Phi) is 8.19. The van der Waals surface area contributed by atoms with E-state index in [1.165, 1.54) is 6.26 Å². The Hall–Kier alpha value is -2.30. The number of aryl methyl sites for hydroxylation is 1. The van der Waals surface area contributed by atoms with Crippen molar-refractivity contribution in [1.29, 1.82) is 0 Å². The van der Waals surface area contributed by atoms with Crippen LogP contribution in [-0.2, 0) is 11.2 Å². The van der Waals surface area contributed by atoms with Crippen molar-refractivity contribution in [2.45, 2.75) is 51.9 Å². The van der Waals surface area contributed by atoms with E-state index in [0.717, 1.165) is 38.5 Å². The van der Waals surface area contributed by atoms with Crippen LogP contribution in [-0.4, -0.2) is 13.2 Å². The van der Waals surface area contributed by atoms with Crippen LogP contribution < -0.4 is 10.4 Å². The van der Waals surface area contributed by atoms with Crippen LogP contribution in [0.2, 0.25) is 0 Å². The van der Waals surface area contributed by atoms with Crippen LogP contribution in [0.1, 0.15) is 51.0 Å². The Bertz CT molecular complexity index is 766. The van der Waals surface area contributed by atoms with Crippen LogP contribution in [0.3, 0.4) is 0 Å². The molecule has 0 aliphatic heterocycles. The minimum atomic E-state index is -0.914. The SMILES string of the molecule is C=COCCCCCCOc1cccc2oc(=O)c(F)c(CCCC)c12. The fourth-order valence-corrected chi connectivity index (χ4v) is 2.89. The van der Waals surface area contributed by atoms with E-state index in [4.69, 9.17) is 13.9 Å². The van der Waals surface area contributed by atoms with Crippen LogP contribution in [0.5, 0.6) is 5.75 Å². The molecule has 2 rings (SSSR count). The number of hydrogen-bond acceptors (Lipinski definition) is 4. The van der Waals surface area contributed by atoms with Crippen LogP contribution in [0, 0.1) is 5.82 Å². The molecule has 0 unspecified atom stereocenters. The maximum absolute atomic E-state index is 14.3. The molecule has 0 bridgehead atoms. The van der Waals surface area contributed by atoms with Gasteiger partial charge < -0.3 is 13.9 Å². The average Bonchev–Trinajstić information content (AvgIpc) is 2.64. The monoisotopic (exact) mass is 362 g/mol. The highest BCUT2D eigenvalue weighted by atomic mass is 19.1. The van der Waals surface area contributed by atoms with Crippen molar-refractivity contribution in [3.8, 4) is 5.75 Å². The van der Waals surface area contributed by atoms with E-state index in [2.05, 4.69) is 6.58 Å². The molecule has 0 saturated carbocycles. The first kappa shape index (κ1) is 20.0. The predicted molar refractivity (Wildman–Crippen MR) is 101 cm³/mol. The number of fused-ring (bicyclic) bond motifs is 1. The molecule has 0 spiro atoms. The summed E-state index contributed by atoms with van der Waals surface area (Å²) < 4.78 is 30.4. The van der Waals surface area contributed by atoms with Gasteiger partial charge in [0.25, 0.3) is 0 Å². The van der Waals surface area contributed by atoms with Gasteiger partial charge in [0.15, 0.2) is 0 Å². The van der Waals surface area contributed by atoms with Crippen molar-refractivity contribution in [3.63, 3.8) is 0 Å². The van der Waals surface area contributed by atoms with Crippen LogP contribution in [0.15, 0.2) is 40.3 Å². The number of unbranched alkanes of at least 4 members (excludes halogenated alkanes) is 4. The van der Waals surface area contributed by atoms with Crippen molar-refractivity contribution in [2.24, 2.45) is 0 Å². The van der Waals surface area contributed by atoms with E-state index >= 15 is 0 Å². The average molecular weight is 362 g/mol. The third kappa shape index (κ3) is 5.35. The summed E-state index contributed by atoms with van der Waals surface area (Å²) in [7, 11) is 0. The molecule has 0 N–H and O–H groups in total. The topological polar surface area (TPSA) is 48.7 Å². The van der Waals surface area contributed by atoms with E-state index < -0.39 is 11.4 Å². The smallest absolute Gasteiger partial charge is 0.372 e. The summed E-state index contributed by atoms with van der Waals surface area (Å²) in [5.41, 5.74) is -0.139. The Labute approximate surface area is 153 Å². The highest BCUT2D eigenvalue weighted by Gasteiger charge is 2.17. The van der Waals surface area contributed by atoms with Crippen molar-refractivity contribution < 1.29 is 18.3 Å². The van der Waals surface area contributed by atoms with Crippen molar-refractivity contribution >= 4 is 11.0 Å². The first-order valence-corrected chi connectivity index (χ1v) is 9.28. The molecule has 2 aromatic rings. The fraction of sp³-hybridized carbons (Fsp3) is 0.476. The lowest BCUT2D eigenvalue weighted by atomic mass is 10.0. The van der Waals surface area contributed by atoms with Crippen molar-refractivity contribution in [3.05, 3.63) is 52.8 Å². The minimum absolute atomic E-state index is 0.376. The van der Waals surface area contributed by atoms with Gasteiger partial charge >= 0.3 is 5.63 Å². The highest BCUT2D eigenvalue weighted by molar-refractivity contribution is 5.87. The zero-order chi connectivity index (χ0) is 18.8. The first-order valence-electron chi connectivity index (χ1n) is 9.28. The molecule has 142 valence electrons. The number of hydrogen-bond donors (Lipinski definition) is 0. The Morgan fingerprint density at radius 3 is 2.65 bits per heavy atom. The highest BCUT2D eigenvalue weighted by Crippen LogP contribution is 2.30. The Morgan fingerprint density at radius 2 is 1.92 bits per heavy atom. The third-order valence-electron chi connectivity index (χ3n) is 4.25. The molecule has 26 heavy (non-hydrogen) atoms. The second-order valence-corrected chi connectivity index (χ2v) is 6.22. The van der Waals surface area contributed by atoms with Crippen LogP contribution in [0.4, 0.5) is 4.39 Å². The van der Waals surface area contributed by atoms with E-state index in [0.29, 0.717) is 41.9 Å². The van der Waals surface area contributed by atoms with Crippen LogP contribution in [0.25, 0.3) is 11.0 Å². The van der Waals surface area contributed by atoms with Crippen molar-refractivity contribution in [2.75, 3.05) is 13.2 Å². The Balaban J connectivity index is 2.06. The summed E-state index contributed by atoms with van der Waals surface area (Å²) in [5, 5.41) is 0.581. The molecule has 4 nitrogen and oxygen atoms in total. The van der Waals surface area contributed by atoms with Gasteiger partial charge in [-0.25, -0.2) is 4.79 Å². The van der Waals surface area contributed by atoms with E-state index in [9.17, 15) is 9.18 Å². The van der Waals surface area contributed by atoms with Gasteiger partial charge in [-0.3, -0.25) is 0 Å². The lowest BCUT2D eigenvalue weighted by Gasteiger charge is -2.12. The molecule has 0 amide bonds. The summed E-state index contributed by atoms with van der Waals surface area (Å²) in [6, 6.07) is 5.24. The maximum atomic E-state index is 14.3. The van der Waals surface area contributed by atoms with Gasteiger partial charge in [0, 0.05) is 5.56 Å².